The third-order valence-corrected chi connectivity index (χ3v) is 6.00. The van der Waals surface area contributed by atoms with Crippen LogP contribution in [0.15, 0.2) is 18.2 Å². The van der Waals surface area contributed by atoms with Gasteiger partial charge in [-0.15, -0.1) is 0 Å². The van der Waals surface area contributed by atoms with Gasteiger partial charge in [0, 0.05) is 24.2 Å². The number of aryl methyl sites for hydroxylation is 1. The number of ketones is 1. The van der Waals surface area contributed by atoms with E-state index in [1.54, 1.807) is 12.1 Å². The molecule has 1 aromatic carbocycles. The molecule has 6 nitrogen and oxygen atoms in total. The maximum absolute atomic E-state index is 11.9. The zero-order valence-corrected chi connectivity index (χ0v) is 12.9. The van der Waals surface area contributed by atoms with E-state index in [0.717, 1.165) is 11.1 Å². The number of amides is 2. The molecule has 0 aromatic heterocycles. The van der Waals surface area contributed by atoms with Crippen molar-refractivity contribution in [2.24, 2.45) is 5.92 Å². The van der Waals surface area contributed by atoms with Gasteiger partial charge in [-0.2, -0.15) is 0 Å². The largest absolute Gasteiger partial charge is 0.338 e. The topological polar surface area (TPSA) is 92.3 Å². The Morgan fingerprint density at radius 1 is 1.27 bits per heavy atom. The van der Waals surface area contributed by atoms with Crippen molar-refractivity contribution in [2.45, 2.75) is 19.3 Å². The van der Waals surface area contributed by atoms with E-state index in [1.165, 1.54) is 0 Å². The Balaban J connectivity index is 1.53. The third-order valence-electron chi connectivity index (χ3n) is 4.16. The number of anilines is 1. The quantitative estimate of drug-likeness (QED) is 0.879. The highest BCUT2D eigenvalue weighted by Gasteiger charge is 2.28. The van der Waals surface area contributed by atoms with E-state index in [1.807, 2.05) is 6.07 Å². The highest BCUT2D eigenvalue weighted by Crippen LogP contribution is 2.25. The molecule has 7 heteroatoms. The van der Waals surface area contributed by atoms with Gasteiger partial charge in [0.05, 0.1) is 11.5 Å². The summed E-state index contributed by atoms with van der Waals surface area (Å²) in [6.45, 7) is 0.356. The van der Waals surface area contributed by atoms with Crippen LogP contribution < -0.4 is 10.6 Å². The van der Waals surface area contributed by atoms with Gasteiger partial charge in [-0.25, -0.2) is 13.2 Å². The highest BCUT2D eigenvalue weighted by atomic mass is 32.2. The number of fused-ring (bicyclic) bond motifs is 1. The number of Topliss-reactive ketones (excluding diaryl/α,β-unsaturated/α-hetero) is 1. The van der Waals surface area contributed by atoms with Crippen molar-refractivity contribution in [1.82, 2.24) is 5.32 Å². The molecule has 1 aliphatic carbocycles. The Morgan fingerprint density at radius 3 is 2.82 bits per heavy atom. The van der Waals surface area contributed by atoms with Crippen molar-refractivity contribution in [3.05, 3.63) is 29.3 Å². The lowest BCUT2D eigenvalue weighted by Crippen LogP contribution is -2.33. The number of carbonyl (C=O) groups is 2. The summed E-state index contributed by atoms with van der Waals surface area (Å²) in [6, 6.07) is 4.92. The lowest BCUT2D eigenvalue weighted by Gasteiger charge is -2.11. The average Bonchev–Trinajstić information content (AvgIpc) is 3.00. The normalized spacial score (nSPS) is 22.4. The van der Waals surface area contributed by atoms with Gasteiger partial charge in [-0.1, -0.05) is 0 Å². The number of nitrogens with one attached hydrogen (secondary N) is 2. The number of hydrogen-bond acceptors (Lipinski definition) is 4. The molecule has 118 valence electrons. The van der Waals surface area contributed by atoms with Gasteiger partial charge in [0.1, 0.15) is 0 Å². The van der Waals surface area contributed by atoms with Crippen molar-refractivity contribution in [2.75, 3.05) is 23.4 Å². The van der Waals surface area contributed by atoms with Gasteiger partial charge in [-0.3, -0.25) is 4.79 Å². The van der Waals surface area contributed by atoms with Crippen molar-refractivity contribution < 1.29 is 18.0 Å². The number of carbonyl (C=O) groups excluding carboxylic acids is 2. The molecule has 1 fully saturated rings. The fourth-order valence-corrected chi connectivity index (χ4v) is 4.84. The maximum Gasteiger partial charge on any atom is 0.319 e. The first-order valence-corrected chi connectivity index (χ1v) is 9.16. The molecule has 1 heterocycles. The first kappa shape index (κ1) is 15.0. The minimum absolute atomic E-state index is 0.00612. The molecule has 0 bridgehead atoms. The van der Waals surface area contributed by atoms with E-state index in [4.69, 9.17) is 0 Å². The van der Waals surface area contributed by atoms with Crippen molar-refractivity contribution in [3.8, 4) is 0 Å². The fraction of sp³-hybridized carbons (Fsp3) is 0.467. The number of hydrogen-bond donors (Lipinski definition) is 2. The zero-order chi connectivity index (χ0) is 15.7. The van der Waals surface area contributed by atoms with Gasteiger partial charge in [0.25, 0.3) is 0 Å². The van der Waals surface area contributed by atoms with Crippen LogP contribution in [0.4, 0.5) is 10.5 Å². The maximum atomic E-state index is 11.9. The van der Waals surface area contributed by atoms with Crippen LogP contribution in [-0.2, 0) is 16.3 Å². The number of urea groups is 1. The Hall–Kier alpha value is -1.89. The minimum Gasteiger partial charge on any atom is -0.338 e. The van der Waals surface area contributed by atoms with Gasteiger partial charge >= 0.3 is 6.03 Å². The number of benzene rings is 1. The summed E-state index contributed by atoms with van der Waals surface area (Å²) >= 11 is 0. The molecule has 0 radical (unpaired) electrons. The summed E-state index contributed by atoms with van der Waals surface area (Å²) < 4.78 is 22.7. The summed E-state index contributed by atoms with van der Waals surface area (Å²) in [5.74, 6) is 0.496. The lowest BCUT2D eigenvalue weighted by molar-refractivity contribution is 0.0994. The SMILES string of the molecule is O=C(NCC1CCS(=O)(=O)C1)Nc1ccc2c(c1)CCC2=O. The van der Waals surface area contributed by atoms with Gasteiger partial charge in [-0.05, 0) is 42.5 Å². The van der Waals surface area contributed by atoms with Gasteiger partial charge in [0.2, 0.25) is 0 Å². The molecule has 2 amide bonds. The molecule has 1 saturated heterocycles. The summed E-state index contributed by atoms with van der Waals surface area (Å²) in [4.78, 5) is 23.4. The van der Waals surface area contributed by atoms with Crippen molar-refractivity contribution in [1.29, 1.82) is 0 Å². The Bertz CT molecular complexity index is 727. The molecule has 22 heavy (non-hydrogen) atoms. The van der Waals surface area contributed by atoms with E-state index in [9.17, 15) is 18.0 Å². The van der Waals surface area contributed by atoms with Crippen LogP contribution in [0.2, 0.25) is 0 Å². The Labute approximate surface area is 129 Å². The standard InChI is InChI=1S/C15H18N2O4S/c18-14-4-1-11-7-12(2-3-13(11)14)17-15(19)16-8-10-5-6-22(20,21)9-10/h2-3,7,10H,1,4-6,8-9H2,(H2,16,17,19). The molecule has 1 atom stereocenters. The van der Waals surface area contributed by atoms with Crippen molar-refractivity contribution in [3.63, 3.8) is 0 Å². The highest BCUT2D eigenvalue weighted by molar-refractivity contribution is 7.91. The van der Waals surface area contributed by atoms with Crippen LogP contribution >= 0.6 is 0 Å². The van der Waals surface area contributed by atoms with Crippen LogP contribution in [-0.4, -0.2) is 38.3 Å². The van der Waals surface area contributed by atoms with Crippen LogP contribution in [0.5, 0.6) is 0 Å². The number of rotatable bonds is 3. The molecule has 0 spiro atoms. The van der Waals surface area contributed by atoms with E-state index in [0.29, 0.717) is 31.5 Å². The van der Waals surface area contributed by atoms with Gasteiger partial charge in [0.15, 0.2) is 15.6 Å². The molecular formula is C15H18N2O4S. The molecule has 0 saturated carbocycles. The van der Waals surface area contributed by atoms with Crippen molar-refractivity contribution >= 4 is 27.3 Å². The smallest absolute Gasteiger partial charge is 0.319 e. The Kier molecular flexibility index (Phi) is 3.90. The minimum atomic E-state index is -2.92. The molecular weight excluding hydrogens is 304 g/mol. The van der Waals surface area contributed by atoms with E-state index >= 15 is 0 Å². The lowest BCUT2D eigenvalue weighted by atomic mass is 10.1. The second kappa shape index (κ2) is 5.72. The summed E-state index contributed by atoms with van der Waals surface area (Å²) in [6.07, 6.45) is 1.84. The molecule has 1 aliphatic heterocycles. The summed E-state index contributed by atoms with van der Waals surface area (Å²) in [5.41, 5.74) is 2.34. The van der Waals surface area contributed by atoms with Gasteiger partial charge < -0.3 is 10.6 Å². The second-order valence-electron chi connectivity index (χ2n) is 5.90. The van der Waals surface area contributed by atoms with Crippen LogP contribution in [0, 0.1) is 5.92 Å². The monoisotopic (exact) mass is 322 g/mol. The molecule has 3 rings (SSSR count). The van der Waals surface area contributed by atoms with Crippen LogP contribution in [0.3, 0.4) is 0 Å². The molecule has 2 aliphatic rings. The Morgan fingerprint density at radius 2 is 2.09 bits per heavy atom. The molecule has 1 unspecified atom stereocenters. The van der Waals surface area contributed by atoms with Crippen LogP contribution in [0.1, 0.15) is 28.8 Å². The fourth-order valence-electron chi connectivity index (χ4n) is 2.98. The summed E-state index contributed by atoms with van der Waals surface area (Å²) in [5, 5.41) is 5.43. The number of sulfone groups is 1. The average molecular weight is 322 g/mol. The summed E-state index contributed by atoms with van der Waals surface area (Å²) in [7, 11) is -2.92. The van der Waals surface area contributed by atoms with E-state index in [-0.39, 0.29) is 29.2 Å². The molecule has 2 N–H and O–H groups in total. The second-order valence-corrected chi connectivity index (χ2v) is 8.13. The zero-order valence-electron chi connectivity index (χ0n) is 12.1. The first-order chi connectivity index (χ1) is 10.4. The van der Waals surface area contributed by atoms with Crippen LogP contribution in [0.25, 0.3) is 0 Å². The first-order valence-electron chi connectivity index (χ1n) is 7.34. The van der Waals surface area contributed by atoms with E-state index in [2.05, 4.69) is 10.6 Å². The predicted molar refractivity (Wildman–Crippen MR) is 82.9 cm³/mol. The molecule has 1 aromatic rings. The predicted octanol–water partition coefficient (Wildman–Crippen LogP) is 1.37. The third kappa shape index (κ3) is 3.30. The van der Waals surface area contributed by atoms with E-state index < -0.39 is 9.84 Å².